The van der Waals surface area contributed by atoms with E-state index in [-0.39, 0.29) is 11.6 Å². The zero-order chi connectivity index (χ0) is 18.1. The van der Waals surface area contributed by atoms with Gasteiger partial charge in [0.05, 0.1) is 13.2 Å². The maximum atomic E-state index is 13.5. The molecule has 1 heterocycles. The summed E-state index contributed by atoms with van der Waals surface area (Å²) in [6.45, 7) is 0.444. The third-order valence-corrected chi connectivity index (χ3v) is 4.79. The molecule has 0 aromatic heterocycles. The summed E-state index contributed by atoms with van der Waals surface area (Å²) in [5.41, 5.74) is 0.600. The van der Waals surface area contributed by atoms with Crippen LogP contribution in [0.15, 0.2) is 34.8 Å². The highest BCUT2D eigenvalue weighted by atomic mass is 79.9. The fraction of sp³-hybridized carbons (Fsp3) is 0.278. The first kappa shape index (κ1) is 17.8. The Morgan fingerprint density at radius 3 is 2.52 bits per heavy atom. The molecule has 0 aliphatic carbocycles. The molecule has 0 N–H and O–H groups in total. The van der Waals surface area contributed by atoms with Gasteiger partial charge in [-0.25, -0.2) is 13.2 Å². The molecule has 0 spiro atoms. The molecule has 1 aliphatic heterocycles. The maximum absolute atomic E-state index is 13.5. The van der Waals surface area contributed by atoms with Crippen LogP contribution in [0.3, 0.4) is 0 Å². The van der Waals surface area contributed by atoms with Crippen LogP contribution < -0.4 is 4.74 Å². The molecule has 1 atom stereocenters. The average Bonchev–Trinajstić information content (AvgIpc) is 3.08. The minimum absolute atomic E-state index is 0.211. The first-order chi connectivity index (χ1) is 11.9. The number of halogens is 4. The maximum Gasteiger partial charge on any atom is 0.254 e. The summed E-state index contributed by atoms with van der Waals surface area (Å²) in [5.74, 6) is -4.24. The zero-order valence-electron chi connectivity index (χ0n) is 13.4. The van der Waals surface area contributed by atoms with Crippen LogP contribution in [0.25, 0.3) is 0 Å². The van der Waals surface area contributed by atoms with E-state index in [0.717, 1.165) is 28.6 Å². The molecular formula is C18H15BrF3NO2. The topological polar surface area (TPSA) is 29.5 Å². The van der Waals surface area contributed by atoms with Crippen molar-refractivity contribution in [1.29, 1.82) is 0 Å². The number of hydrogen-bond acceptors (Lipinski definition) is 2. The zero-order valence-corrected chi connectivity index (χ0v) is 14.9. The van der Waals surface area contributed by atoms with E-state index in [9.17, 15) is 18.0 Å². The first-order valence-electron chi connectivity index (χ1n) is 7.71. The van der Waals surface area contributed by atoms with Crippen molar-refractivity contribution in [3.05, 3.63) is 63.4 Å². The molecule has 0 saturated carbocycles. The van der Waals surface area contributed by atoms with Crippen LogP contribution in [0.4, 0.5) is 13.2 Å². The molecule has 1 saturated heterocycles. The molecule has 3 rings (SSSR count). The predicted molar refractivity (Wildman–Crippen MR) is 90.0 cm³/mol. The number of carbonyl (C=O) groups excluding carboxylic acids is 1. The number of rotatable bonds is 3. The lowest BCUT2D eigenvalue weighted by molar-refractivity contribution is 0.0733. The highest BCUT2D eigenvalue weighted by Crippen LogP contribution is 2.39. The molecular weight excluding hydrogens is 399 g/mol. The number of hydrogen-bond donors (Lipinski definition) is 0. The van der Waals surface area contributed by atoms with E-state index in [1.165, 1.54) is 4.90 Å². The molecule has 132 valence electrons. The van der Waals surface area contributed by atoms with E-state index < -0.39 is 23.4 Å². The van der Waals surface area contributed by atoms with Crippen molar-refractivity contribution in [3.63, 3.8) is 0 Å². The minimum Gasteiger partial charge on any atom is -0.496 e. The number of benzene rings is 2. The van der Waals surface area contributed by atoms with Gasteiger partial charge in [-0.05, 0) is 43.2 Å². The van der Waals surface area contributed by atoms with E-state index >= 15 is 0 Å². The SMILES string of the molecule is COc1ccc(Br)cc1C1CCCN1C(=O)c1cc(F)c(F)c(F)c1. The lowest BCUT2D eigenvalue weighted by Crippen LogP contribution is -2.31. The van der Waals surface area contributed by atoms with Crippen molar-refractivity contribution in [1.82, 2.24) is 4.90 Å². The Hall–Kier alpha value is -2.02. The second kappa shape index (κ2) is 7.07. The van der Waals surface area contributed by atoms with Crippen LogP contribution in [-0.2, 0) is 0 Å². The Morgan fingerprint density at radius 2 is 1.88 bits per heavy atom. The van der Waals surface area contributed by atoms with Crippen LogP contribution >= 0.6 is 15.9 Å². The lowest BCUT2D eigenvalue weighted by Gasteiger charge is -2.26. The highest BCUT2D eigenvalue weighted by Gasteiger charge is 2.33. The molecule has 0 bridgehead atoms. The number of nitrogens with zero attached hydrogens (tertiary/aromatic N) is 1. The summed E-state index contributed by atoms with van der Waals surface area (Å²) in [6, 6.07) is 6.66. The van der Waals surface area contributed by atoms with Gasteiger partial charge in [0.25, 0.3) is 5.91 Å². The standard InChI is InChI=1S/C18H15BrF3NO2/c1-25-16-5-4-11(19)9-12(16)15-3-2-6-23(15)18(24)10-7-13(20)17(22)14(21)8-10/h4-5,7-9,15H,2-3,6H2,1H3. The van der Waals surface area contributed by atoms with E-state index in [2.05, 4.69) is 15.9 Å². The number of amides is 1. The number of ether oxygens (including phenoxy) is 1. The van der Waals surface area contributed by atoms with Gasteiger partial charge in [-0.2, -0.15) is 0 Å². The van der Waals surface area contributed by atoms with Crippen molar-refractivity contribution in [3.8, 4) is 5.75 Å². The van der Waals surface area contributed by atoms with E-state index in [1.54, 1.807) is 13.2 Å². The fourth-order valence-corrected chi connectivity index (χ4v) is 3.52. The summed E-state index contributed by atoms with van der Waals surface area (Å²) in [5, 5.41) is 0. The number of likely N-dealkylation sites (tertiary alicyclic amines) is 1. The molecule has 2 aromatic rings. The summed E-state index contributed by atoms with van der Waals surface area (Å²) >= 11 is 3.40. The molecule has 1 aliphatic rings. The molecule has 1 unspecified atom stereocenters. The van der Waals surface area contributed by atoms with E-state index in [1.807, 2.05) is 12.1 Å². The monoisotopic (exact) mass is 413 g/mol. The number of methoxy groups -OCH3 is 1. The summed E-state index contributed by atoms with van der Waals surface area (Å²) in [7, 11) is 1.54. The average molecular weight is 414 g/mol. The lowest BCUT2D eigenvalue weighted by atomic mass is 10.0. The summed E-state index contributed by atoms with van der Waals surface area (Å²) in [4.78, 5) is 14.3. The van der Waals surface area contributed by atoms with Crippen molar-refractivity contribution in [2.75, 3.05) is 13.7 Å². The van der Waals surface area contributed by atoms with Gasteiger partial charge in [0.1, 0.15) is 5.75 Å². The third-order valence-electron chi connectivity index (χ3n) is 4.30. The van der Waals surface area contributed by atoms with E-state index in [0.29, 0.717) is 18.7 Å². The van der Waals surface area contributed by atoms with Gasteiger partial charge in [0.2, 0.25) is 0 Å². The van der Waals surface area contributed by atoms with Crippen LogP contribution in [0, 0.1) is 17.5 Å². The number of carbonyl (C=O) groups is 1. The first-order valence-corrected chi connectivity index (χ1v) is 8.50. The van der Waals surface area contributed by atoms with Crippen molar-refractivity contribution in [2.45, 2.75) is 18.9 Å². The Kier molecular flexibility index (Phi) is 5.03. The van der Waals surface area contributed by atoms with Crippen molar-refractivity contribution >= 4 is 21.8 Å². The smallest absolute Gasteiger partial charge is 0.254 e. The van der Waals surface area contributed by atoms with Crippen LogP contribution in [0.5, 0.6) is 5.75 Å². The van der Waals surface area contributed by atoms with Crippen LogP contribution in [-0.4, -0.2) is 24.5 Å². The van der Waals surface area contributed by atoms with Gasteiger partial charge in [0.15, 0.2) is 17.5 Å². The summed E-state index contributed by atoms with van der Waals surface area (Å²) < 4.78 is 46.3. The van der Waals surface area contributed by atoms with Crippen LogP contribution in [0.1, 0.15) is 34.8 Å². The molecule has 1 fully saturated rings. The van der Waals surface area contributed by atoms with Crippen LogP contribution in [0.2, 0.25) is 0 Å². The van der Waals surface area contributed by atoms with Gasteiger partial charge in [-0.3, -0.25) is 4.79 Å². The molecule has 3 nitrogen and oxygen atoms in total. The Balaban J connectivity index is 1.97. The quantitative estimate of drug-likeness (QED) is 0.672. The van der Waals surface area contributed by atoms with E-state index in [4.69, 9.17) is 4.74 Å². The fourth-order valence-electron chi connectivity index (χ4n) is 3.14. The van der Waals surface area contributed by atoms with Crippen molar-refractivity contribution < 1.29 is 22.7 Å². The molecule has 25 heavy (non-hydrogen) atoms. The molecule has 2 aromatic carbocycles. The predicted octanol–water partition coefficient (Wildman–Crippen LogP) is 4.85. The molecule has 0 radical (unpaired) electrons. The van der Waals surface area contributed by atoms with Gasteiger partial charge in [-0.1, -0.05) is 15.9 Å². The van der Waals surface area contributed by atoms with Crippen molar-refractivity contribution in [2.24, 2.45) is 0 Å². The normalized spacial score (nSPS) is 17.0. The van der Waals surface area contributed by atoms with Gasteiger partial charge in [-0.15, -0.1) is 0 Å². The Morgan fingerprint density at radius 1 is 1.20 bits per heavy atom. The largest absolute Gasteiger partial charge is 0.496 e. The second-order valence-corrected chi connectivity index (χ2v) is 6.71. The second-order valence-electron chi connectivity index (χ2n) is 5.80. The van der Waals surface area contributed by atoms with Gasteiger partial charge >= 0.3 is 0 Å². The summed E-state index contributed by atoms with van der Waals surface area (Å²) in [6.07, 6.45) is 1.45. The minimum atomic E-state index is -1.58. The Bertz CT molecular complexity index is 805. The highest BCUT2D eigenvalue weighted by molar-refractivity contribution is 9.10. The van der Waals surface area contributed by atoms with Gasteiger partial charge in [0, 0.05) is 22.1 Å². The third kappa shape index (κ3) is 3.38. The molecule has 1 amide bonds. The van der Waals surface area contributed by atoms with Gasteiger partial charge < -0.3 is 9.64 Å². The Labute approximate surface area is 151 Å². The molecule has 7 heteroatoms.